The highest BCUT2D eigenvalue weighted by Gasteiger charge is 2.13. The summed E-state index contributed by atoms with van der Waals surface area (Å²) in [5.74, 6) is 0. The van der Waals surface area contributed by atoms with Crippen molar-refractivity contribution >= 4 is 27.8 Å². The minimum absolute atomic E-state index is 0.943. The Morgan fingerprint density at radius 2 is 2.14 bits per heavy atom. The summed E-state index contributed by atoms with van der Waals surface area (Å²) in [7, 11) is 2.14. The van der Waals surface area contributed by atoms with Gasteiger partial charge in [0.1, 0.15) is 0 Å². The summed E-state index contributed by atoms with van der Waals surface area (Å²) < 4.78 is 0. The lowest BCUT2D eigenvalue weighted by atomic mass is 10.2. The Morgan fingerprint density at radius 1 is 1.29 bits per heavy atom. The van der Waals surface area contributed by atoms with Gasteiger partial charge in [-0.05, 0) is 30.8 Å². The summed E-state index contributed by atoms with van der Waals surface area (Å²) >= 11 is 3.64. The summed E-state index contributed by atoms with van der Waals surface area (Å²) in [4.78, 5) is 9.92. The van der Waals surface area contributed by atoms with Crippen LogP contribution in [0.15, 0.2) is 17.5 Å². The van der Waals surface area contributed by atoms with Gasteiger partial charge in [-0.2, -0.15) is 0 Å². The van der Waals surface area contributed by atoms with E-state index in [1.54, 1.807) is 11.3 Å². The molecule has 0 aromatic carbocycles. The molecular formula is C16H25N3S2. The normalized spacial score (nSPS) is 11.0. The van der Waals surface area contributed by atoms with Crippen LogP contribution in [0.4, 0.5) is 5.13 Å². The molecule has 0 aliphatic rings. The predicted octanol–water partition coefficient (Wildman–Crippen LogP) is 4.29. The molecule has 2 rings (SSSR count). The first-order chi connectivity index (χ1) is 10.2. The molecule has 0 spiro atoms. The topological polar surface area (TPSA) is 28.2 Å². The molecule has 0 amide bonds. The molecule has 0 bridgehead atoms. The summed E-state index contributed by atoms with van der Waals surface area (Å²) in [6, 6.07) is 4.30. The van der Waals surface area contributed by atoms with Crippen LogP contribution in [-0.2, 0) is 19.5 Å². The van der Waals surface area contributed by atoms with Crippen LogP contribution in [0.1, 0.15) is 42.1 Å². The number of thiazole rings is 1. The Kier molecular flexibility index (Phi) is 6.67. The van der Waals surface area contributed by atoms with E-state index in [9.17, 15) is 0 Å². The summed E-state index contributed by atoms with van der Waals surface area (Å²) in [6.45, 7) is 7.39. The van der Waals surface area contributed by atoms with Gasteiger partial charge in [-0.25, -0.2) is 4.98 Å². The maximum atomic E-state index is 4.87. The number of aryl methyl sites for hydroxylation is 1. The molecule has 3 nitrogen and oxygen atoms in total. The molecule has 21 heavy (non-hydrogen) atoms. The van der Waals surface area contributed by atoms with Gasteiger partial charge in [0.05, 0.1) is 12.2 Å². The SMILES string of the molecule is CCCNCc1sc(N(C)Cc2cccs2)nc1CCC. The zero-order chi connectivity index (χ0) is 15.1. The van der Waals surface area contributed by atoms with Crippen LogP contribution in [0.5, 0.6) is 0 Å². The molecule has 0 unspecified atom stereocenters. The molecule has 0 radical (unpaired) electrons. The Hall–Kier alpha value is -0.910. The van der Waals surface area contributed by atoms with E-state index in [0.29, 0.717) is 0 Å². The van der Waals surface area contributed by atoms with Gasteiger partial charge < -0.3 is 10.2 Å². The van der Waals surface area contributed by atoms with E-state index < -0.39 is 0 Å². The maximum absolute atomic E-state index is 4.87. The molecule has 0 atom stereocenters. The summed E-state index contributed by atoms with van der Waals surface area (Å²) in [5, 5.41) is 6.77. The van der Waals surface area contributed by atoms with Gasteiger partial charge in [0, 0.05) is 23.3 Å². The van der Waals surface area contributed by atoms with Gasteiger partial charge in [0.2, 0.25) is 0 Å². The maximum Gasteiger partial charge on any atom is 0.185 e. The van der Waals surface area contributed by atoms with Crippen LogP contribution in [0, 0.1) is 0 Å². The number of anilines is 1. The Morgan fingerprint density at radius 3 is 2.81 bits per heavy atom. The lowest BCUT2D eigenvalue weighted by Crippen LogP contribution is -2.15. The van der Waals surface area contributed by atoms with Gasteiger partial charge in [0.15, 0.2) is 5.13 Å². The highest BCUT2D eigenvalue weighted by molar-refractivity contribution is 7.15. The van der Waals surface area contributed by atoms with E-state index in [-0.39, 0.29) is 0 Å². The number of nitrogens with zero attached hydrogens (tertiary/aromatic N) is 2. The second-order valence-corrected chi connectivity index (χ2v) is 7.32. The zero-order valence-electron chi connectivity index (χ0n) is 13.2. The average molecular weight is 324 g/mol. The summed E-state index contributed by atoms with van der Waals surface area (Å²) in [6.07, 6.45) is 3.40. The lowest BCUT2D eigenvalue weighted by molar-refractivity contribution is 0.674. The molecule has 2 aromatic heterocycles. The van der Waals surface area contributed by atoms with E-state index >= 15 is 0 Å². The largest absolute Gasteiger partial charge is 0.346 e. The van der Waals surface area contributed by atoms with Crippen LogP contribution in [-0.4, -0.2) is 18.6 Å². The van der Waals surface area contributed by atoms with Crippen molar-refractivity contribution in [2.24, 2.45) is 0 Å². The molecular weight excluding hydrogens is 298 g/mol. The third-order valence-corrected chi connectivity index (χ3v) is 5.34. The standard InChI is InChI=1S/C16H25N3S2/c1-4-7-14-15(11-17-9-5-2)21-16(18-14)19(3)12-13-8-6-10-20-13/h6,8,10,17H,4-5,7,9,11-12H2,1-3H3. The first-order valence-electron chi connectivity index (χ1n) is 7.67. The molecule has 2 heterocycles. The zero-order valence-corrected chi connectivity index (χ0v) is 14.8. The number of nitrogens with one attached hydrogen (secondary N) is 1. The molecule has 5 heteroatoms. The smallest absolute Gasteiger partial charge is 0.185 e. The fraction of sp³-hybridized carbons (Fsp3) is 0.562. The summed E-state index contributed by atoms with van der Waals surface area (Å²) in [5.41, 5.74) is 1.28. The first kappa shape index (κ1) is 16.5. The van der Waals surface area contributed by atoms with Crippen LogP contribution in [0.2, 0.25) is 0 Å². The highest BCUT2D eigenvalue weighted by atomic mass is 32.1. The molecule has 1 N–H and O–H groups in total. The van der Waals surface area contributed by atoms with Crippen molar-refractivity contribution in [1.82, 2.24) is 10.3 Å². The molecule has 0 aliphatic heterocycles. The Balaban J connectivity index is 2.06. The van der Waals surface area contributed by atoms with E-state index in [1.165, 1.54) is 21.9 Å². The minimum Gasteiger partial charge on any atom is -0.346 e. The average Bonchev–Trinajstić information content (AvgIpc) is 3.10. The van der Waals surface area contributed by atoms with E-state index in [1.807, 2.05) is 11.3 Å². The molecule has 0 saturated heterocycles. The highest BCUT2D eigenvalue weighted by Crippen LogP contribution is 2.28. The number of aromatic nitrogens is 1. The number of thiophene rings is 1. The third kappa shape index (κ3) is 4.80. The van der Waals surface area contributed by atoms with Crippen LogP contribution in [0.3, 0.4) is 0 Å². The van der Waals surface area contributed by atoms with E-state index in [2.05, 4.69) is 48.6 Å². The van der Waals surface area contributed by atoms with Crippen LogP contribution in [0.25, 0.3) is 0 Å². The Labute approximate surface area is 136 Å². The molecule has 2 aromatic rings. The fourth-order valence-corrected chi connectivity index (χ4v) is 3.98. The third-order valence-electron chi connectivity index (χ3n) is 3.27. The fourth-order valence-electron chi connectivity index (χ4n) is 2.19. The van der Waals surface area contributed by atoms with Gasteiger partial charge in [-0.3, -0.25) is 0 Å². The monoisotopic (exact) mass is 323 g/mol. The number of hydrogen-bond acceptors (Lipinski definition) is 5. The van der Waals surface area contributed by atoms with Gasteiger partial charge >= 0.3 is 0 Å². The second-order valence-electron chi connectivity index (χ2n) is 5.23. The minimum atomic E-state index is 0.943. The van der Waals surface area contributed by atoms with E-state index in [4.69, 9.17) is 4.98 Å². The predicted molar refractivity (Wildman–Crippen MR) is 94.5 cm³/mol. The number of rotatable bonds is 9. The van der Waals surface area contributed by atoms with Crippen molar-refractivity contribution in [3.8, 4) is 0 Å². The van der Waals surface area contributed by atoms with Crippen molar-refractivity contribution < 1.29 is 0 Å². The molecule has 116 valence electrons. The molecule has 0 aliphatic carbocycles. The van der Waals surface area contributed by atoms with Gasteiger partial charge in [-0.15, -0.1) is 22.7 Å². The first-order valence-corrected chi connectivity index (χ1v) is 9.37. The van der Waals surface area contributed by atoms with Crippen molar-refractivity contribution in [3.05, 3.63) is 33.0 Å². The van der Waals surface area contributed by atoms with Crippen LogP contribution < -0.4 is 10.2 Å². The van der Waals surface area contributed by atoms with Crippen molar-refractivity contribution in [3.63, 3.8) is 0 Å². The molecule has 0 saturated carbocycles. The Bertz CT molecular complexity index is 520. The lowest BCUT2D eigenvalue weighted by Gasteiger charge is -2.14. The second kappa shape index (κ2) is 8.51. The number of hydrogen-bond donors (Lipinski definition) is 1. The quantitative estimate of drug-likeness (QED) is 0.698. The van der Waals surface area contributed by atoms with Crippen molar-refractivity contribution in [1.29, 1.82) is 0 Å². The van der Waals surface area contributed by atoms with E-state index in [0.717, 1.165) is 37.6 Å². The van der Waals surface area contributed by atoms with Crippen LogP contribution >= 0.6 is 22.7 Å². The van der Waals surface area contributed by atoms with Gasteiger partial charge in [-0.1, -0.05) is 26.3 Å². The van der Waals surface area contributed by atoms with Gasteiger partial charge in [0.25, 0.3) is 0 Å². The molecule has 0 fully saturated rings. The van der Waals surface area contributed by atoms with Crippen molar-refractivity contribution in [2.75, 3.05) is 18.5 Å². The van der Waals surface area contributed by atoms with Crippen molar-refractivity contribution in [2.45, 2.75) is 46.2 Å².